The van der Waals surface area contributed by atoms with Crippen LogP contribution in [0.2, 0.25) is 0 Å². The van der Waals surface area contributed by atoms with Crippen LogP contribution in [-0.4, -0.2) is 21.5 Å². The summed E-state index contributed by atoms with van der Waals surface area (Å²) < 4.78 is 31.3. The number of hydrogen-bond donors (Lipinski definition) is 2. The molecule has 0 saturated heterocycles. The van der Waals surface area contributed by atoms with Gasteiger partial charge in [0.25, 0.3) is 10.0 Å². The molecule has 5 nitrogen and oxygen atoms in total. The van der Waals surface area contributed by atoms with E-state index in [0.29, 0.717) is 18.8 Å². The van der Waals surface area contributed by atoms with E-state index in [1.54, 1.807) is 6.07 Å². The quantitative estimate of drug-likeness (QED) is 0.694. The van der Waals surface area contributed by atoms with Crippen LogP contribution < -0.4 is 10.0 Å². The van der Waals surface area contributed by atoms with Gasteiger partial charge in [-0.25, -0.2) is 13.1 Å². The first kappa shape index (κ1) is 14.2. The lowest BCUT2D eigenvalue weighted by molar-refractivity contribution is 0.401. The fourth-order valence-corrected chi connectivity index (χ4v) is 2.32. The first-order valence-corrected chi connectivity index (χ1v) is 7.37. The van der Waals surface area contributed by atoms with Crippen molar-refractivity contribution in [3.8, 4) is 0 Å². The van der Waals surface area contributed by atoms with Gasteiger partial charge >= 0.3 is 0 Å². The highest BCUT2D eigenvalue weighted by Gasteiger charge is 2.17. The minimum Gasteiger partial charge on any atom is -0.447 e. The van der Waals surface area contributed by atoms with Crippen LogP contribution in [0.5, 0.6) is 0 Å². The van der Waals surface area contributed by atoms with Crippen molar-refractivity contribution in [1.29, 1.82) is 0 Å². The summed E-state index contributed by atoms with van der Waals surface area (Å²) in [7, 11) is -3.48. The molecule has 0 saturated carbocycles. The second kappa shape index (κ2) is 6.78. The number of furan rings is 1. The van der Waals surface area contributed by atoms with Crippen LogP contribution in [0.25, 0.3) is 0 Å². The van der Waals surface area contributed by atoms with Crippen molar-refractivity contribution in [1.82, 2.24) is 10.0 Å². The normalized spacial score (nSPS) is 11.9. The van der Waals surface area contributed by atoms with Crippen molar-refractivity contribution < 1.29 is 12.8 Å². The number of rotatable bonds is 8. The molecule has 0 bridgehead atoms. The molecular weight excluding hydrogens is 240 g/mol. The molecule has 2 N–H and O–H groups in total. The molecular formula is C11H20N2O3S. The molecule has 0 aliphatic rings. The largest absolute Gasteiger partial charge is 0.447 e. The predicted octanol–water partition coefficient (Wildman–Crippen LogP) is 1.47. The van der Waals surface area contributed by atoms with Crippen molar-refractivity contribution >= 4 is 10.0 Å². The molecule has 98 valence electrons. The molecule has 1 rings (SSSR count). The lowest BCUT2D eigenvalue weighted by Crippen LogP contribution is -2.24. The summed E-state index contributed by atoms with van der Waals surface area (Å²) in [5, 5.41) is 3.06. The van der Waals surface area contributed by atoms with Gasteiger partial charge in [-0.15, -0.1) is 0 Å². The van der Waals surface area contributed by atoms with Gasteiger partial charge in [0.05, 0.1) is 6.54 Å². The van der Waals surface area contributed by atoms with Gasteiger partial charge in [0, 0.05) is 6.54 Å². The second-order valence-corrected chi connectivity index (χ2v) is 5.45. The van der Waals surface area contributed by atoms with Crippen LogP contribution in [0.3, 0.4) is 0 Å². The Balaban J connectivity index is 2.61. The molecule has 0 atom stereocenters. The molecule has 0 amide bonds. The van der Waals surface area contributed by atoms with Gasteiger partial charge in [-0.1, -0.05) is 20.3 Å². The Bertz CT molecular complexity index is 426. The Labute approximate surface area is 103 Å². The summed E-state index contributed by atoms with van der Waals surface area (Å²) in [6, 6.07) is 3.16. The van der Waals surface area contributed by atoms with E-state index in [2.05, 4.69) is 10.0 Å². The van der Waals surface area contributed by atoms with Gasteiger partial charge in [-0.2, -0.15) is 0 Å². The molecule has 0 unspecified atom stereocenters. The number of sulfonamides is 1. The molecule has 1 aromatic rings. The maximum Gasteiger partial charge on any atom is 0.273 e. The van der Waals surface area contributed by atoms with Crippen LogP contribution in [0.15, 0.2) is 21.6 Å². The zero-order valence-corrected chi connectivity index (χ0v) is 11.1. The maximum absolute atomic E-state index is 11.8. The zero-order chi connectivity index (χ0) is 12.7. The fraction of sp³-hybridized carbons (Fsp3) is 0.636. The van der Waals surface area contributed by atoms with Crippen molar-refractivity contribution in [3.05, 3.63) is 17.9 Å². The van der Waals surface area contributed by atoms with Gasteiger partial charge < -0.3 is 9.73 Å². The third-order valence-electron chi connectivity index (χ3n) is 2.27. The Kier molecular flexibility index (Phi) is 5.67. The van der Waals surface area contributed by atoms with Crippen molar-refractivity contribution in [2.75, 3.05) is 13.1 Å². The molecule has 6 heteroatoms. The van der Waals surface area contributed by atoms with E-state index in [4.69, 9.17) is 4.42 Å². The molecule has 17 heavy (non-hydrogen) atoms. The first-order valence-electron chi connectivity index (χ1n) is 5.89. The van der Waals surface area contributed by atoms with Crippen molar-refractivity contribution in [3.63, 3.8) is 0 Å². The molecule has 0 spiro atoms. The highest BCUT2D eigenvalue weighted by atomic mass is 32.2. The SMILES string of the molecule is CCCCNS(=O)(=O)c1ccc(CNCC)o1. The number of nitrogens with one attached hydrogen (secondary N) is 2. The Hall–Kier alpha value is -0.850. The average Bonchev–Trinajstić information content (AvgIpc) is 2.76. The summed E-state index contributed by atoms with van der Waals surface area (Å²) in [5.41, 5.74) is 0. The highest BCUT2D eigenvalue weighted by Crippen LogP contribution is 2.13. The predicted molar refractivity (Wildman–Crippen MR) is 66.2 cm³/mol. The Morgan fingerprint density at radius 1 is 1.29 bits per heavy atom. The Morgan fingerprint density at radius 2 is 2.06 bits per heavy atom. The smallest absolute Gasteiger partial charge is 0.273 e. The maximum atomic E-state index is 11.8. The molecule has 0 aromatic carbocycles. The average molecular weight is 260 g/mol. The third kappa shape index (κ3) is 4.49. The summed E-state index contributed by atoms with van der Waals surface area (Å²) >= 11 is 0. The minimum atomic E-state index is -3.48. The second-order valence-electron chi connectivity index (χ2n) is 3.75. The molecule has 0 aliphatic carbocycles. The minimum absolute atomic E-state index is 0.0125. The summed E-state index contributed by atoms with van der Waals surface area (Å²) in [5.74, 6) is 0.628. The Morgan fingerprint density at radius 3 is 2.71 bits per heavy atom. The van der Waals surface area contributed by atoms with Crippen LogP contribution >= 0.6 is 0 Å². The van der Waals surface area contributed by atoms with Crippen molar-refractivity contribution in [2.45, 2.75) is 38.3 Å². The zero-order valence-electron chi connectivity index (χ0n) is 10.3. The topological polar surface area (TPSA) is 71.3 Å². The number of hydrogen-bond acceptors (Lipinski definition) is 4. The summed E-state index contributed by atoms with van der Waals surface area (Å²) in [6.45, 7) is 5.79. The molecule has 1 aromatic heterocycles. The first-order chi connectivity index (χ1) is 8.10. The van der Waals surface area contributed by atoms with Crippen LogP contribution in [0.1, 0.15) is 32.4 Å². The standard InChI is InChI=1S/C11H20N2O3S/c1-3-5-8-13-17(14,15)11-7-6-10(16-11)9-12-4-2/h6-7,12-13H,3-5,8-9H2,1-2H3. The lowest BCUT2D eigenvalue weighted by Gasteiger charge is -2.02. The van der Waals surface area contributed by atoms with Gasteiger partial charge in [0.15, 0.2) is 0 Å². The molecule has 0 aliphatic heterocycles. The monoisotopic (exact) mass is 260 g/mol. The summed E-state index contributed by atoms with van der Waals surface area (Å²) in [4.78, 5) is 0. The van der Waals surface area contributed by atoms with E-state index in [0.717, 1.165) is 19.4 Å². The molecule has 1 heterocycles. The number of unbranched alkanes of at least 4 members (excludes halogenated alkanes) is 1. The van der Waals surface area contributed by atoms with E-state index in [1.807, 2.05) is 13.8 Å². The van der Waals surface area contributed by atoms with E-state index in [9.17, 15) is 8.42 Å². The van der Waals surface area contributed by atoms with Crippen LogP contribution in [-0.2, 0) is 16.6 Å². The van der Waals surface area contributed by atoms with Gasteiger partial charge in [-0.05, 0) is 25.1 Å². The fourth-order valence-electron chi connectivity index (χ4n) is 1.30. The van der Waals surface area contributed by atoms with E-state index in [1.165, 1.54) is 6.07 Å². The van der Waals surface area contributed by atoms with Crippen LogP contribution in [0, 0.1) is 0 Å². The highest BCUT2D eigenvalue weighted by molar-refractivity contribution is 7.89. The van der Waals surface area contributed by atoms with E-state index in [-0.39, 0.29) is 5.09 Å². The van der Waals surface area contributed by atoms with E-state index < -0.39 is 10.0 Å². The third-order valence-corrected chi connectivity index (χ3v) is 3.61. The van der Waals surface area contributed by atoms with E-state index >= 15 is 0 Å². The lowest BCUT2D eigenvalue weighted by atomic mass is 10.3. The summed E-state index contributed by atoms with van der Waals surface area (Å²) in [6.07, 6.45) is 1.77. The van der Waals surface area contributed by atoms with Crippen molar-refractivity contribution in [2.24, 2.45) is 0 Å². The van der Waals surface area contributed by atoms with Gasteiger partial charge in [0.1, 0.15) is 5.76 Å². The molecule has 0 fully saturated rings. The van der Waals surface area contributed by atoms with Gasteiger partial charge in [-0.3, -0.25) is 0 Å². The van der Waals surface area contributed by atoms with Gasteiger partial charge in [0.2, 0.25) is 5.09 Å². The molecule has 0 radical (unpaired) electrons. The van der Waals surface area contributed by atoms with Crippen LogP contribution in [0.4, 0.5) is 0 Å².